The van der Waals surface area contributed by atoms with Gasteiger partial charge in [0.05, 0.1) is 10.2 Å². The van der Waals surface area contributed by atoms with Gasteiger partial charge in [-0.25, -0.2) is 14.2 Å². The Balaban J connectivity index is 1.62. The summed E-state index contributed by atoms with van der Waals surface area (Å²) >= 11 is 1.41. The van der Waals surface area contributed by atoms with Gasteiger partial charge in [0, 0.05) is 12.1 Å². The van der Waals surface area contributed by atoms with Gasteiger partial charge in [0.15, 0.2) is 5.13 Å². The van der Waals surface area contributed by atoms with Gasteiger partial charge in [-0.05, 0) is 31.0 Å². The number of nitrogens with one attached hydrogen (secondary N) is 2. The van der Waals surface area contributed by atoms with Crippen molar-refractivity contribution in [2.24, 2.45) is 0 Å². The van der Waals surface area contributed by atoms with E-state index in [1.165, 1.54) is 23.5 Å². The van der Waals surface area contributed by atoms with Gasteiger partial charge in [-0.1, -0.05) is 11.3 Å². The highest BCUT2D eigenvalue weighted by Crippen LogP contribution is 2.30. The number of fused-ring (bicyclic) bond motifs is 1. The summed E-state index contributed by atoms with van der Waals surface area (Å²) in [6.07, 6.45) is 0.506. The molecule has 0 aliphatic heterocycles. The highest BCUT2D eigenvalue weighted by atomic mass is 32.1. The highest BCUT2D eigenvalue weighted by Gasteiger charge is 2.30. The molecule has 1 aliphatic rings. The summed E-state index contributed by atoms with van der Waals surface area (Å²) in [4.78, 5) is 14.8. The fourth-order valence-corrected chi connectivity index (χ4v) is 3.13. The van der Waals surface area contributed by atoms with Gasteiger partial charge in [0.1, 0.15) is 5.82 Å². The molecule has 1 heterocycles. The molecule has 19 heavy (non-hydrogen) atoms. The molecular formula is C12H12FN3O2S. The molecule has 0 spiro atoms. The van der Waals surface area contributed by atoms with E-state index in [0.29, 0.717) is 0 Å². The lowest BCUT2D eigenvalue weighted by molar-refractivity contribution is 0.180. The van der Waals surface area contributed by atoms with Gasteiger partial charge in [-0.15, -0.1) is 0 Å². The van der Waals surface area contributed by atoms with E-state index in [1.54, 1.807) is 6.07 Å². The van der Waals surface area contributed by atoms with Crippen molar-refractivity contribution in [2.45, 2.75) is 24.9 Å². The first kappa shape index (κ1) is 12.2. The molecule has 3 N–H and O–H groups in total. The summed E-state index contributed by atoms with van der Waals surface area (Å²) in [5.41, 5.74) is 0.772. The molecule has 0 radical (unpaired) electrons. The van der Waals surface area contributed by atoms with Crippen LogP contribution in [0, 0.1) is 5.82 Å². The maximum absolute atomic E-state index is 13.1. The molecule has 1 aliphatic carbocycles. The molecule has 0 saturated heterocycles. The van der Waals surface area contributed by atoms with Crippen LogP contribution in [0.1, 0.15) is 12.8 Å². The number of aromatic nitrogens is 1. The summed E-state index contributed by atoms with van der Waals surface area (Å²) in [7, 11) is 0. The fraction of sp³-hybridized carbons (Fsp3) is 0.333. The molecule has 0 atom stereocenters. The van der Waals surface area contributed by atoms with Crippen LogP contribution in [0.2, 0.25) is 0 Å². The third-order valence-corrected chi connectivity index (χ3v) is 4.09. The molecule has 1 saturated carbocycles. The highest BCUT2D eigenvalue weighted by molar-refractivity contribution is 7.22. The van der Waals surface area contributed by atoms with Crippen molar-refractivity contribution in [1.29, 1.82) is 0 Å². The number of hydrogen-bond donors (Lipinski definition) is 3. The molecule has 5 nitrogen and oxygen atoms in total. The molecule has 0 bridgehead atoms. The number of anilines is 1. The maximum Gasteiger partial charge on any atom is 0.404 e. The fourth-order valence-electron chi connectivity index (χ4n) is 2.16. The first-order valence-corrected chi connectivity index (χ1v) is 6.74. The van der Waals surface area contributed by atoms with Gasteiger partial charge >= 0.3 is 6.09 Å². The zero-order valence-corrected chi connectivity index (χ0v) is 10.7. The molecule has 1 aromatic carbocycles. The number of nitrogens with zero attached hydrogens (tertiary/aromatic N) is 1. The molecule has 1 aromatic heterocycles. The number of amides is 1. The number of thiazole rings is 1. The number of carbonyl (C=O) groups is 1. The third-order valence-electron chi connectivity index (χ3n) is 3.14. The second-order valence-corrected chi connectivity index (χ2v) is 5.62. The van der Waals surface area contributed by atoms with Crippen LogP contribution >= 0.6 is 11.3 Å². The quantitative estimate of drug-likeness (QED) is 0.808. The van der Waals surface area contributed by atoms with E-state index in [2.05, 4.69) is 15.6 Å². The van der Waals surface area contributed by atoms with Crippen LogP contribution in [0.5, 0.6) is 0 Å². The van der Waals surface area contributed by atoms with Crippen LogP contribution in [-0.2, 0) is 0 Å². The van der Waals surface area contributed by atoms with E-state index in [9.17, 15) is 9.18 Å². The molecule has 2 aromatic rings. The Bertz CT molecular complexity index is 624. The number of rotatable bonds is 3. The summed E-state index contributed by atoms with van der Waals surface area (Å²) in [5.74, 6) is -0.267. The van der Waals surface area contributed by atoms with Gasteiger partial charge < -0.3 is 15.7 Å². The summed E-state index contributed by atoms with van der Waals surface area (Å²) in [6, 6.07) is 4.75. The molecular weight excluding hydrogens is 269 g/mol. The first-order valence-electron chi connectivity index (χ1n) is 5.92. The second kappa shape index (κ2) is 4.65. The van der Waals surface area contributed by atoms with Crippen molar-refractivity contribution in [3.63, 3.8) is 0 Å². The number of halogens is 1. The van der Waals surface area contributed by atoms with Crippen LogP contribution in [0.4, 0.5) is 14.3 Å². The van der Waals surface area contributed by atoms with Crippen LogP contribution in [-0.4, -0.2) is 28.3 Å². The standard InChI is InChI=1S/C12H12FN3O2S/c13-6-1-2-9-10(3-6)19-11(16-9)14-7-4-8(5-7)15-12(17)18/h1-3,7-8,15H,4-5H2,(H,14,16)(H,17,18). The Kier molecular flexibility index (Phi) is 2.98. The monoisotopic (exact) mass is 281 g/mol. The molecule has 3 rings (SSSR count). The van der Waals surface area contributed by atoms with E-state index in [0.717, 1.165) is 28.2 Å². The first-order chi connectivity index (χ1) is 9.10. The Labute approximate surface area is 112 Å². The molecule has 0 unspecified atom stereocenters. The SMILES string of the molecule is O=C(O)NC1CC(Nc2nc3ccc(F)cc3s2)C1. The lowest BCUT2D eigenvalue weighted by atomic mass is 9.87. The van der Waals surface area contributed by atoms with Crippen molar-refractivity contribution in [3.05, 3.63) is 24.0 Å². The zero-order valence-electron chi connectivity index (χ0n) is 9.89. The van der Waals surface area contributed by atoms with Crippen LogP contribution in [0.15, 0.2) is 18.2 Å². The van der Waals surface area contributed by atoms with Crippen molar-refractivity contribution < 1.29 is 14.3 Å². The molecule has 7 heteroatoms. The van der Waals surface area contributed by atoms with E-state index in [4.69, 9.17) is 5.11 Å². The van der Waals surface area contributed by atoms with Gasteiger partial charge in [0.25, 0.3) is 0 Å². The Morgan fingerprint density at radius 2 is 2.21 bits per heavy atom. The Morgan fingerprint density at radius 3 is 2.95 bits per heavy atom. The second-order valence-electron chi connectivity index (χ2n) is 4.59. The molecule has 1 fully saturated rings. The summed E-state index contributed by atoms with van der Waals surface area (Å²) < 4.78 is 13.9. The predicted octanol–water partition coefficient (Wildman–Crippen LogP) is 2.65. The van der Waals surface area contributed by atoms with Crippen molar-refractivity contribution in [2.75, 3.05) is 5.32 Å². The number of hydrogen-bond acceptors (Lipinski definition) is 4. The van der Waals surface area contributed by atoms with Gasteiger partial charge in [-0.2, -0.15) is 0 Å². The average Bonchev–Trinajstić information content (AvgIpc) is 2.67. The predicted molar refractivity (Wildman–Crippen MR) is 71.2 cm³/mol. The summed E-state index contributed by atoms with van der Waals surface area (Å²) in [6.45, 7) is 0. The number of carboxylic acid groups (broad SMARTS) is 1. The van der Waals surface area contributed by atoms with Crippen LogP contribution < -0.4 is 10.6 Å². The Hall–Kier alpha value is -1.89. The van der Waals surface area contributed by atoms with E-state index >= 15 is 0 Å². The zero-order chi connectivity index (χ0) is 13.4. The van der Waals surface area contributed by atoms with Crippen molar-refractivity contribution in [3.8, 4) is 0 Å². The van der Waals surface area contributed by atoms with Gasteiger partial charge in [0.2, 0.25) is 0 Å². The normalized spacial score (nSPS) is 21.9. The minimum Gasteiger partial charge on any atom is -0.465 e. The average molecular weight is 281 g/mol. The minimum atomic E-state index is -0.987. The van der Waals surface area contributed by atoms with Crippen molar-refractivity contribution in [1.82, 2.24) is 10.3 Å². The third kappa shape index (κ3) is 2.60. The lowest BCUT2D eigenvalue weighted by Gasteiger charge is -2.35. The number of benzene rings is 1. The maximum atomic E-state index is 13.1. The molecule has 100 valence electrons. The van der Waals surface area contributed by atoms with Gasteiger partial charge in [-0.3, -0.25) is 0 Å². The topological polar surface area (TPSA) is 74.2 Å². The lowest BCUT2D eigenvalue weighted by Crippen LogP contribution is -2.49. The summed E-state index contributed by atoms with van der Waals surface area (Å²) in [5, 5.41) is 15.0. The van der Waals surface area contributed by atoms with Crippen molar-refractivity contribution >= 4 is 32.8 Å². The Morgan fingerprint density at radius 1 is 1.42 bits per heavy atom. The van der Waals surface area contributed by atoms with Crippen LogP contribution in [0.25, 0.3) is 10.2 Å². The minimum absolute atomic E-state index is 0.0156. The largest absolute Gasteiger partial charge is 0.465 e. The van der Waals surface area contributed by atoms with Crippen LogP contribution in [0.3, 0.4) is 0 Å². The van der Waals surface area contributed by atoms with E-state index in [-0.39, 0.29) is 17.9 Å². The van der Waals surface area contributed by atoms with E-state index in [1.807, 2.05) is 0 Å². The molecule has 1 amide bonds. The van der Waals surface area contributed by atoms with E-state index < -0.39 is 6.09 Å². The smallest absolute Gasteiger partial charge is 0.404 e.